The third kappa shape index (κ3) is 5.14. The zero-order valence-corrected chi connectivity index (χ0v) is 12.9. The molecular weight excluding hydrogens is 278 g/mol. The molecule has 0 aliphatic carbocycles. The molecule has 0 saturated heterocycles. The Kier molecular flexibility index (Phi) is 5.85. The molecule has 1 heterocycles. The van der Waals surface area contributed by atoms with Crippen molar-refractivity contribution in [1.29, 1.82) is 0 Å². The third-order valence-corrected chi connectivity index (χ3v) is 3.01. The van der Waals surface area contributed by atoms with Crippen LogP contribution in [0.25, 0.3) is 0 Å². The van der Waals surface area contributed by atoms with Gasteiger partial charge in [-0.25, -0.2) is 0 Å². The van der Waals surface area contributed by atoms with Gasteiger partial charge >= 0.3 is 0 Å². The minimum absolute atomic E-state index is 0.197. The number of nitrogens with one attached hydrogen (secondary N) is 2. The summed E-state index contributed by atoms with van der Waals surface area (Å²) in [6.07, 6.45) is 0.903. The average Bonchev–Trinajstić information content (AvgIpc) is 2.53. The van der Waals surface area contributed by atoms with E-state index in [9.17, 15) is 4.79 Å². The van der Waals surface area contributed by atoms with E-state index in [1.165, 1.54) is 0 Å². The van der Waals surface area contributed by atoms with Gasteiger partial charge in [0.1, 0.15) is 0 Å². The molecule has 0 saturated carbocycles. The average molecular weight is 299 g/mol. The molecule has 0 unspecified atom stereocenters. The molecule has 0 bridgehead atoms. The van der Waals surface area contributed by atoms with Crippen LogP contribution in [-0.4, -0.2) is 48.2 Å². The van der Waals surface area contributed by atoms with Gasteiger partial charge in [0.05, 0.1) is 0 Å². The van der Waals surface area contributed by atoms with Gasteiger partial charge in [-0.1, -0.05) is 18.2 Å². The standard InChI is InChI=1S/C16H21N5O/c1-21(2)12-6-11-17-16(22)14-9-10-15(20-19-14)18-13-7-4-3-5-8-13/h3-5,7-10H,6,11-12H2,1-2H3,(H,17,22)(H,18,20). The second-order valence-electron chi connectivity index (χ2n) is 5.21. The Morgan fingerprint density at radius 1 is 1.09 bits per heavy atom. The number of nitrogens with zero attached hydrogens (tertiary/aromatic N) is 3. The van der Waals surface area contributed by atoms with Gasteiger partial charge in [-0.15, -0.1) is 10.2 Å². The highest BCUT2D eigenvalue weighted by Crippen LogP contribution is 2.12. The largest absolute Gasteiger partial charge is 0.351 e. The van der Waals surface area contributed by atoms with Crippen molar-refractivity contribution in [1.82, 2.24) is 20.4 Å². The lowest BCUT2D eigenvalue weighted by molar-refractivity contribution is 0.0946. The molecule has 116 valence electrons. The maximum atomic E-state index is 11.9. The van der Waals surface area contributed by atoms with Gasteiger partial charge < -0.3 is 15.5 Å². The Morgan fingerprint density at radius 2 is 1.86 bits per heavy atom. The lowest BCUT2D eigenvalue weighted by Crippen LogP contribution is -2.28. The second-order valence-corrected chi connectivity index (χ2v) is 5.21. The number of para-hydroxylation sites is 1. The fourth-order valence-electron chi connectivity index (χ4n) is 1.88. The summed E-state index contributed by atoms with van der Waals surface area (Å²) in [6, 6.07) is 13.1. The maximum absolute atomic E-state index is 11.9. The predicted molar refractivity (Wildman–Crippen MR) is 87.3 cm³/mol. The number of hydrogen-bond acceptors (Lipinski definition) is 5. The van der Waals surface area contributed by atoms with E-state index in [1.807, 2.05) is 44.4 Å². The molecule has 0 spiro atoms. The number of aromatic nitrogens is 2. The Balaban J connectivity index is 1.84. The van der Waals surface area contributed by atoms with E-state index in [-0.39, 0.29) is 5.91 Å². The molecule has 2 aromatic rings. The first-order valence-electron chi connectivity index (χ1n) is 7.24. The van der Waals surface area contributed by atoms with Gasteiger partial charge in [0, 0.05) is 12.2 Å². The highest BCUT2D eigenvalue weighted by Gasteiger charge is 2.07. The van der Waals surface area contributed by atoms with Gasteiger partial charge in [0.2, 0.25) is 0 Å². The van der Waals surface area contributed by atoms with E-state index in [0.29, 0.717) is 18.1 Å². The molecule has 6 nitrogen and oxygen atoms in total. The van der Waals surface area contributed by atoms with Crippen LogP contribution < -0.4 is 10.6 Å². The van der Waals surface area contributed by atoms with Gasteiger partial charge in [-0.3, -0.25) is 4.79 Å². The topological polar surface area (TPSA) is 70.2 Å². The molecular formula is C16H21N5O. The SMILES string of the molecule is CN(C)CCCNC(=O)c1ccc(Nc2ccccc2)nn1. The molecule has 0 atom stereocenters. The fourth-order valence-corrected chi connectivity index (χ4v) is 1.88. The summed E-state index contributed by atoms with van der Waals surface area (Å²) in [5.41, 5.74) is 1.25. The third-order valence-electron chi connectivity index (χ3n) is 3.01. The molecule has 0 aliphatic rings. The van der Waals surface area contributed by atoms with Crippen LogP contribution in [0.15, 0.2) is 42.5 Å². The number of carbonyl (C=O) groups excluding carboxylic acids is 1. The molecule has 0 fully saturated rings. The van der Waals surface area contributed by atoms with Crippen molar-refractivity contribution >= 4 is 17.4 Å². The Bertz CT molecular complexity index is 583. The first-order chi connectivity index (χ1) is 10.6. The van der Waals surface area contributed by atoms with Crippen LogP contribution in [0.4, 0.5) is 11.5 Å². The molecule has 6 heteroatoms. The minimum Gasteiger partial charge on any atom is -0.351 e. The highest BCUT2D eigenvalue weighted by molar-refractivity contribution is 5.92. The zero-order chi connectivity index (χ0) is 15.8. The van der Waals surface area contributed by atoms with Crippen LogP contribution in [0.3, 0.4) is 0 Å². The summed E-state index contributed by atoms with van der Waals surface area (Å²) in [7, 11) is 4.01. The summed E-state index contributed by atoms with van der Waals surface area (Å²) in [5, 5.41) is 13.9. The van der Waals surface area contributed by atoms with Crippen LogP contribution in [0.1, 0.15) is 16.9 Å². The second kappa shape index (κ2) is 8.09. The number of benzene rings is 1. The van der Waals surface area contributed by atoms with Crippen molar-refractivity contribution in [3.63, 3.8) is 0 Å². The molecule has 2 N–H and O–H groups in total. The summed E-state index contributed by atoms with van der Waals surface area (Å²) >= 11 is 0. The number of carbonyl (C=O) groups is 1. The van der Waals surface area contributed by atoms with Gasteiger partial charge in [0.25, 0.3) is 5.91 Å². The number of anilines is 2. The van der Waals surface area contributed by atoms with E-state index >= 15 is 0 Å². The van der Waals surface area contributed by atoms with E-state index in [4.69, 9.17) is 0 Å². The molecule has 2 rings (SSSR count). The van der Waals surface area contributed by atoms with E-state index < -0.39 is 0 Å². The quantitative estimate of drug-likeness (QED) is 0.764. The summed E-state index contributed by atoms with van der Waals surface area (Å²) < 4.78 is 0. The highest BCUT2D eigenvalue weighted by atomic mass is 16.1. The maximum Gasteiger partial charge on any atom is 0.271 e. The van der Waals surface area contributed by atoms with Crippen LogP contribution in [0, 0.1) is 0 Å². The smallest absolute Gasteiger partial charge is 0.271 e. The number of hydrogen-bond donors (Lipinski definition) is 2. The van der Waals surface area contributed by atoms with Crippen molar-refractivity contribution in [3.05, 3.63) is 48.2 Å². The monoisotopic (exact) mass is 299 g/mol. The normalized spacial score (nSPS) is 10.5. The summed E-state index contributed by atoms with van der Waals surface area (Å²) in [6.45, 7) is 1.56. The Morgan fingerprint density at radius 3 is 2.50 bits per heavy atom. The lowest BCUT2D eigenvalue weighted by Gasteiger charge is -2.09. The van der Waals surface area contributed by atoms with Gasteiger partial charge in [0.15, 0.2) is 11.5 Å². The first kappa shape index (κ1) is 15.9. The van der Waals surface area contributed by atoms with Gasteiger partial charge in [-0.2, -0.15) is 0 Å². The Labute approximate surface area is 130 Å². The molecule has 0 radical (unpaired) electrons. The Hall–Kier alpha value is -2.47. The lowest BCUT2D eigenvalue weighted by atomic mass is 10.3. The van der Waals surface area contributed by atoms with Crippen LogP contribution >= 0.6 is 0 Å². The van der Waals surface area contributed by atoms with Crippen molar-refractivity contribution < 1.29 is 4.79 Å². The fraction of sp³-hybridized carbons (Fsp3) is 0.312. The molecule has 1 aromatic heterocycles. The minimum atomic E-state index is -0.197. The zero-order valence-electron chi connectivity index (χ0n) is 12.9. The first-order valence-corrected chi connectivity index (χ1v) is 7.24. The van der Waals surface area contributed by atoms with E-state index in [1.54, 1.807) is 12.1 Å². The number of amides is 1. The van der Waals surface area contributed by atoms with Crippen molar-refractivity contribution in [3.8, 4) is 0 Å². The molecule has 1 amide bonds. The van der Waals surface area contributed by atoms with Crippen molar-refractivity contribution in [2.24, 2.45) is 0 Å². The number of rotatable bonds is 7. The van der Waals surface area contributed by atoms with Crippen LogP contribution in [0.5, 0.6) is 0 Å². The molecule has 22 heavy (non-hydrogen) atoms. The van der Waals surface area contributed by atoms with E-state index in [2.05, 4.69) is 25.7 Å². The van der Waals surface area contributed by atoms with Crippen molar-refractivity contribution in [2.75, 3.05) is 32.5 Å². The van der Waals surface area contributed by atoms with Crippen LogP contribution in [0.2, 0.25) is 0 Å². The van der Waals surface area contributed by atoms with Gasteiger partial charge in [-0.05, 0) is 51.3 Å². The van der Waals surface area contributed by atoms with Crippen molar-refractivity contribution in [2.45, 2.75) is 6.42 Å². The molecule has 1 aromatic carbocycles. The molecule has 0 aliphatic heterocycles. The predicted octanol–water partition coefficient (Wildman–Crippen LogP) is 1.90. The van der Waals surface area contributed by atoms with E-state index in [0.717, 1.165) is 18.7 Å². The summed E-state index contributed by atoms with van der Waals surface area (Å²) in [4.78, 5) is 14.0. The van der Waals surface area contributed by atoms with Crippen LogP contribution in [-0.2, 0) is 0 Å². The summed E-state index contributed by atoms with van der Waals surface area (Å²) in [5.74, 6) is 0.410.